The molecule has 168 valence electrons. The molecular formula is C26H22I2N2O2S. The van der Waals surface area contributed by atoms with Crippen molar-refractivity contribution < 1.29 is 9.53 Å². The SMILES string of the molecule is CCN1C(=O)/C(=C\c2cc(I)c(OCc3ccccc3)c(I)c2)SC1=Nc1ccc(C)cc1. The van der Waals surface area contributed by atoms with Crippen LogP contribution in [0.4, 0.5) is 5.69 Å². The van der Waals surface area contributed by atoms with Gasteiger partial charge in [-0.2, -0.15) is 0 Å². The van der Waals surface area contributed by atoms with Crippen LogP contribution in [0.2, 0.25) is 0 Å². The smallest absolute Gasteiger partial charge is 0.266 e. The summed E-state index contributed by atoms with van der Waals surface area (Å²) in [6.07, 6.45) is 1.94. The van der Waals surface area contributed by atoms with Crippen molar-refractivity contribution in [2.75, 3.05) is 6.54 Å². The van der Waals surface area contributed by atoms with Crippen LogP contribution in [0.5, 0.6) is 5.75 Å². The molecule has 0 aliphatic carbocycles. The van der Waals surface area contributed by atoms with Gasteiger partial charge in [0, 0.05) is 6.54 Å². The molecule has 0 unspecified atom stereocenters. The molecule has 3 aromatic rings. The highest BCUT2D eigenvalue weighted by atomic mass is 127. The molecule has 1 saturated heterocycles. The zero-order chi connectivity index (χ0) is 23.4. The first kappa shape index (κ1) is 24.3. The Kier molecular flexibility index (Phi) is 8.13. The van der Waals surface area contributed by atoms with Gasteiger partial charge in [0.1, 0.15) is 12.4 Å². The number of aliphatic imine (C=N–C) groups is 1. The molecule has 4 rings (SSSR count). The van der Waals surface area contributed by atoms with Gasteiger partial charge >= 0.3 is 0 Å². The largest absolute Gasteiger partial charge is 0.487 e. The maximum absolute atomic E-state index is 13.0. The molecule has 0 bridgehead atoms. The van der Waals surface area contributed by atoms with E-state index >= 15 is 0 Å². The second kappa shape index (κ2) is 11.1. The number of likely N-dealkylation sites (N-methyl/N-ethyl adjacent to an activating group) is 1. The average molecular weight is 680 g/mol. The monoisotopic (exact) mass is 680 g/mol. The normalized spacial score (nSPS) is 16.1. The summed E-state index contributed by atoms with van der Waals surface area (Å²) in [6, 6.07) is 22.2. The van der Waals surface area contributed by atoms with Crippen molar-refractivity contribution in [3.8, 4) is 5.75 Å². The van der Waals surface area contributed by atoms with Gasteiger partial charge in [-0.15, -0.1) is 0 Å². The first-order valence-corrected chi connectivity index (χ1v) is 13.4. The molecule has 7 heteroatoms. The molecule has 1 fully saturated rings. The van der Waals surface area contributed by atoms with Crippen LogP contribution in [0.25, 0.3) is 6.08 Å². The molecule has 3 aromatic carbocycles. The van der Waals surface area contributed by atoms with Crippen LogP contribution in [0.3, 0.4) is 0 Å². The van der Waals surface area contributed by atoms with Crippen molar-refractivity contribution in [1.29, 1.82) is 0 Å². The van der Waals surface area contributed by atoms with E-state index in [-0.39, 0.29) is 5.91 Å². The lowest BCUT2D eigenvalue weighted by Crippen LogP contribution is -2.28. The fourth-order valence-electron chi connectivity index (χ4n) is 3.28. The first-order chi connectivity index (χ1) is 15.9. The van der Waals surface area contributed by atoms with Gasteiger partial charge < -0.3 is 4.74 Å². The number of benzene rings is 3. The lowest BCUT2D eigenvalue weighted by atomic mass is 10.2. The summed E-state index contributed by atoms with van der Waals surface area (Å²) >= 11 is 6.01. The summed E-state index contributed by atoms with van der Waals surface area (Å²) in [4.78, 5) is 20.1. The minimum Gasteiger partial charge on any atom is -0.487 e. The number of nitrogens with zero attached hydrogens (tertiary/aromatic N) is 2. The van der Waals surface area contributed by atoms with E-state index in [0.29, 0.717) is 23.2 Å². The molecule has 0 saturated carbocycles. The number of halogens is 2. The van der Waals surface area contributed by atoms with Gasteiger partial charge in [0.15, 0.2) is 5.17 Å². The van der Waals surface area contributed by atoms with Gasteiger partial charge in [0.05, 0.1) is 17.7 Å². The number of carbonyl (C=O) groups excluding carboxylic acids is 1. The Bertz CT molecular complexity index is 1200. The Morgan fingerprint density at radius 3 is 2.33 bits per heavy atom. The number of amidine groups is 1. The van der Waals surface area contributed by atoms with Gasteiger partial charge in [-0.05, 0) is 112 Å². The van der Waals surface area contributed by atoms with E-state index < -0.39 is 0 Å². The highest BCUT2D eigenvalue weighted by molar-refractivity contribution is 14.1. The minimum atomic E-state index is -0.0113. The maximum Gasteiger partial charge on any atom is 0.266 e. The summed E-state index contributed by atoms with van der Waals surface area (Å²) in [7, 11) is 0. The standard InChI is InChI=1S/C26H22I2N2O2S/c1-3-30-25(31)23(33-26(30)29-20-11-9-17(2)10-12-20)15-19-13-21(27)24(22(28)14-19)32-16-18-7-5-4-6-8-18/h4-15H,3,16H2,1-2H3/b23-15+,29-26?. The third kappa shape index (κ3) is 5.99. The Balaban J connectivity index is 1.56. The molecule has 1 aliphatic rings. The summed E-state index contributed by atoms with van der Waals surface area (Å²) < 4.78 is 8.12. The average Bonchev–Trinajstić information content (AvgIpc) is 3.09. The lowest BCUT2D eigenvalue weighted by molar-refractivity contribution is -0.122. The molecule has 0 spiro atoms. The molecule has 0 N–H and O–H groups in total. The minimum absolute atomic E-state index is 0.0113. The number of thioether (sulfide) groups is 1. The quantitative estimate of drug-likeness (QED) is 0.201. The number of carbonyl (C=O) groups is 1. The molecule has 0 atom stereocenters. The van der Waals surface area contributed by atoms with E-state index in [4.69, 9.17) is 9.73 Å². The van der Waals surface area contributed by atoms with Crippen LogP contribution in [0, 0.1) is 14.1 Å². The molecular weight excluding hydrogens is 658 g/mol. The number of hydrogen-bond donors (Lipinski definition) is 0. The van der Waals surface area contributed by atoms with Crippen LogP contribution in [-0.2, 0) is 11.4 Å². The van der Waals surface area contributed by atoms with Gasteiger partial charge in [0.2, 0.25) is 0 Å². The maximum atomic E-state index is 13.0. The van der Waals surface area contributed by atoms with Crippen LogP contribution < -0.4 is 4.74 Å². The number of rotatable bonds is 6. The van der Waals surface area contributed by atoms with Crippen molar-refractivity contribution in [3.05, 3.63) is 95.5 Å². The van der Waals surface area contributed by atoms with Crippen molar-refractivity contribution in [3.63, 3.8) is 0 Å². The Labute approximate surface area is 225 Å². The Morgan fingerprint density at radius 2 is 1.70 bits per heavy atom. The zero-order valence-corrected chi connectivity index (χ0v) is 23.3. The van der Waals surface area contributed by atoms with E-state index in [1.165, 1.54) is 17.3 Å². The molecule has 1 heterocycles. The van der Waals surface area contributed by atoms with E-state index in [2.05, 4.69) is 69.4 Å². The number of aryl methyl sites for hydroxylation is 1. The number of ether oxygens (including phenoxy) is 1. The Hall–Kier alpha value is -1.85. The fraction of sp³-hybridized carbons (Fsp3) is 0.154. The zero-order valence-electron chi connectivity index (χ0n) is 18.2. The van der Waals surface area contributed by atoms with Crippen LogP contribution in [-0.4, -0.2) is 22.5 Å². The third-order valence-electron chi connectivity index (χ3n) is 5.01. The van der Waals surface area contributed by atoms with E-state index in [1.54, 1.807) is 4.90 Å². The summed E-state index contributed by atoms with van der Waals surface area (Å²) in [6.45, 7) is 5.11. The highest BCUT2D eigenvalue weighted by Crippen LogP contribution is 2.36. The van der Waals surface area contributed by atoms with E-state index in [0.717, 1.165) is 29.7 Å². The second-order valence-electron chi connectivity index (χ2n) is 7.48. The number of hydrogen-bond acceptors (Lipinski definition) is 4. The van der Waals surface area contributed by atoms with Gasteiger partial charge in [0.25, 0.3) is 5.91 Å². The van der Waals surface area contributed by atoms with Gasteiger partial charge in [-0.1, -0.05) is 48.0 Å². The van der Waals surface area contributed by atoms with Crippen molar-refractivity contribution in [2.24, 2.45) is 4.99 Å². The summed E-state index contributed by atoms with van der Waals surface area (Å²) in [5, 5.41) is 0.713. The second-order valence-corrected chi connectivity index (χ2v) is 10.8. The lowest BCUT2D eigenvalue weighted by Gasteiger charge is -2.12. The van der Waals surface area contributed by atoms with Crippen LogP contribution in [0.15, 0.2) is 76.6 Å². The predicted octanol–water partition coefficient (Wildman–Crippen LogP) is 7.41. The summed E-state index contributed by atoms with van der Waals surface area (Å²) in [5.74, 6) is 0.854. The van der Waals surface area contributed by atoms with Crippen molar-refractivity contribution >= 4 is 79.8 Å². The molecule has 4 nitrogen and oxygen atoms in total. The third-order valence-corrected chi connectivity index (χ3v) is 7.62. The Morgan fingerprint density at radius 1 is 1.03 bits per heavy atom. The van der Waals surface area contributed by atoms with Crippen molar-refractivity contribution in [2.45, 2.75) is 20.5 Å². The number of amides is 1. The summed E-state index contributed by atoms with van der Waals surface area (Å²) in [5.41, 5.74) is 4.13. The molecule has 0 aromatic heterocycles. The van der Waals surface area contributed by atoms with E-state index in [9.17, 15) is 4.79 Å². The molecule has 0 radical (unpaired) electrons. The highest BCUT2D eigenvalue weighted by Gasteiger charge is 2.32. The van der Waals surface area contributed by atoms with Crippen LogP contribution >= 0.6 is 56.9 Å². The van der Waals surface area contributed by atoms with Crippen LogP contribution in [0.1, 0.15) is 23.6 Å². The van der Waals surface area contributed by atoms with Crippen molar-refractivity contribution in [1.82, 2.24) is 4.90 Å². The first-order valence-electron chi connectivity index (χ1n) is 10.5. The van der Waals surface area contributed by atoms with E-state index in [1.807, 2.05) is 62.4 Å². The topological polar surface area (TPSA) is 41.9 Å². The fourth-order valence-corrected chi connectivity index (χ4v) is 6.47. The van der Waals surface area contributed by atoms with Gasteiger partial charge in [-0.25, -0.2) is 4.99 Å². The predicted molar refractivity (Wildman–Crippen MR) is 154 cm³/mol. The molecule has 1 aliphatic heterocycles. The van der Waals surface area contributed by atoms with Gasteiger partial charge in [-0.3, -0.25) is 9.69 Å². The molecule has 33 heavy (non-hydrogen) atoms. The molecule has 1 amide bonds.